The van der Waals surface area contributed by atoms with Gasteiger partial charge >= 0.3 is 5.97 Å². The predicted octanol–water partition coefficient (Wildman–Crippen LogP) is 5.39. The summed E-state index contributed by atoms with van der Waals surface area (Å²) in [6.45, 7) is 1.02. The average Bonchev–Trinajstić information content (AvgIpc) is 3.14. The second-order valence-corrected chi connectivity index (χ2v) is 7.56. The number of benzene rings is 2. The first-order chi connectivity index (χ1) is 15.5. The number of carbonyl (C=O) groups is 1. The highest BCUT2D eigenvalue weighted by molar-refractivity contribution is 6.34. The van der Waals surface area contributed by atoms with Gasteiger partial charge in [-0.3, -0.25) is 0 Å². The molecule has 5 rings (SSSR count). The monoisotopic (exact) mass is 453 g/mol. The maximum Gasteiger partial charge on any atom is 0.338 e. The van der Waals surface area contributed by atoms with E-state index < -0.39 is 11.8 Å². The molecule has 0 amide bonds. The highest BCUT2D eigenvalue weighted by Gasteiger charge is 2.25. The number of carbonyl (C=O) groups excluding carboxylic acids is 1. The van der Waals surface area contributed by atoms with Gasteiger partial charge in [0.25, 0.3) is 0 Å². The third kappa shape index (κ3) is 3.52. The van der Waals surface area contributed by atoms with Crippen molar-refractivity contribution in [2.45, 2.75) is 6.42 Å². The molecule has 7 nitrogen and oxygen atoms in total. The molecular formula is C23H17ClFN3O4. The van der Waals surface area contributed by atoms with E-state index in [4.69, 9.17) is 25.5 Å². The topological polar surface area (TPSA) is 77.7 Å². The van der Waals surface area contributed by atoms with Gasteiger partial charge < -0.3 is 18.8 Å². The third-order valence-corrected chi connectivity index (χ3v) is 5.47. The first-order valence-electron chi connectivity index (χ1n) is 9.89. The molecule has 32 heavy (non-hydrogen) atoms. The summed E-state index contributed by atoms with van der Waals surface area (Å²) >= 11 is 6.21. The SMILES string of the molecule is COC(=O)c1cc(N2CCCOc3ccc(F)cc32)ncc1-c1nc2c(Cl)cccc2o1. The maximum absolute atomic E-state index is 14.0. The van der Waals surface area contributed by atoms with E-state index in [0.717, 1.165) is 0 Å². The fourth-order valence-corrected chi connectivity index (χ4v) is 3.87. The van der Waals surface area contributed by atoms with Crippen LogP contribution in [0.5, 0.6) is 5.75 Å². The van der Waals surface area contributed by atoms with Crippen molar-refractivity contribution in [1.82, 2.24) is 9.97 Å². The van der Waals surface area contributed by atoms with Crippen LogP contribution in [0.15, 0.2) is 53.1 Å². The molecule has 0 fully saturated rings. The molecule has 0 radical (unpaired) electrons. The first-order valence-corrected chi connectivity index (χ1v) is 10.3. The molecule has 162 valence electrons. The van der Waals surface area contributed by atoms with Crippen LogP contribution in [0.3, 0.4) is 0 Å². The number of halogens is 2. The van der Waals surface area contributed by atoms with Gasteiger partial charge in [-0.2, -0.15) is 0 Å². The van der Waals surface area contributed by atoms with E-state index in [2.05, 4.69) is 9.97 Å². The van der Waals surface area contributed by atoms with Gasteiger partial charge in [0.15, 0.2) is 5.58 Å². The molecule has 1 aliphatic heterocycles. The number of aromatic nitrogens is 2. The van der Waals surface area contributed by atoms with Crippen LogP contribution in [-0.2, 0) is 4.74 Å². The summed E-state index contributed by atoms with van der Waals surface area (Å²) in [6, 6.07) is 11.1. The average molecular weight is 454 g/mol. The predicted molar refractivity (Wildman–Crippen MR) is 117 cm³/mol. The number of anilines is 2. The van der Waals surface area contributed by atoms with Crippen LogP contribution < -0.4 is 9.64 Å². The summed E-state index contributed by atoms with van der Waals surface area (Å²) in [5, 5.41) is 0.435. The Morgan fingerprint density at radius 1 is 1.25 bits per heavy atom. The Morgan fingerprint density at radius 2 is 2.12 bits per heavy atom. The van der Waals surface area contributed by atoms with Crippen LogP contribution in [0.2, 0.25) is 5.02 Å². The Bertz CT molecular complexity index is 1340. The maximum atomic E-state index is 14.0. The van der Waals surface area contributed by atoms with Crippen molar-refractivity contribution < 1.29 is 23.1 Å². The fraction of sp³-hybridized carbons (Fsp3) is 0.174. The van der Waals surface area contributed by atoms with Crippen molar-refractivity contribution in [3.05, 3.63) is 65.1 Å². The van der Waals surface area contributed by atoms with Crippen molar-refractivity contribution in [1.29, 1.82) is 0 Å². The summed E-state index contributed by atoms with van der Waals surface area (Å²) in [4.78, 5) is 23.4. The minimum atomic E-state index is -0.581. The lowest BCUT2D eigenvalue weighted by Crippen LogP contribution is -2.20. The highest BCUT2D eigenvalue weighted by Crippen LogP contribution is 2.38. The normalized spacial score (nSPS) is 13.4. The second kappa shape index (κ2) is 8.12. The molecule has 0 aliphatic carbocycles. The molecule has 0 unspecified atom stereocenters. The van der Waals surface area contributed by atoms with E-state index in [0.29, 0.717) is 58.5 Å². The minimum Gasteiger partial charge on any atom is -0.491 e. The number of hydrogen-bond donors (Lipinski definition) is 0. The molecule has 0 spiro atoms. The number of fused-ring (bicyclic) bond motifs is 2. The third-order valence-electron chi connectivity index (χ3n) is 5.17. The number of para-hydroxylation sites is 1. The summed E-state index contributed by atoms with van der Waals surface area (Å²) < 4.78 is 30.5. The molecule has 3 heterocycles. The lowest BCUT2D eigenvalue weighted by Gasteiger charge is -2.23. The van der Waals surface area contributed by atoms with Crippen molar-refractivity contribution in [2.75, 3.05) is 25.2 Å². The summed E-state index contributed by atoms with van der Waals surface area (Å²) in [5.74, 6) is 0.205. The lowest BCUT2D eigenvalue weighted by atomic mass is 10.1. The number of hydrogen-bond acceptors (Lipinski definition) is 7. The van der Waals surface area contributed by atoms with Crippen LogP contribution in [0.25, 0.3) is 22.6 Å². The molecule has 0 atom stereocenters. The van der Waals surface area contributed by atoms with Crippen molar-refractivity contribution in [3.8, 4) is 17.2 Å². The van der Waals surface area contributed by atoms with Crippen molar-refractivity contribution >= 4 is 40.2 Å². The van der Waals surface area contributed by atoms with Gasteiger partial charge in [-0.15, -0.1) is 0 Å². The van der Waals surface area contributed by atoms with Gasteiger partial charge in [0, 0.05) is 18.8 Å². The quantitative estimate of drug-likeness (QED) is 0.385. The molecule has 4 aromatic rings. The largest absolute Gasteiger partial charge is 0.491 e. The number of rotatable bonds is 3. The summed E-state index contributed by atoms with van der Waals surface area (Å²) in [5.41, 5.74) is 2.08. The zero-order chi connectivity index (χ0) is 22.2. The van der Waals surface area contributed by atoms with Gasteiger partial charge in [-0.25, -0.2) is 19.2 Å². The smallest absolute Gasteiger partial charge is 0.338 e. The molecule has 0 bridgehead atoms. The lowest BCUT2D eigenvalue weighted by molar-refractivity contribution is 0.0601. The van der Waals surface area contributed by atoms with E-state index >= 15 is 0 Å². The minimum absolute atomic E-state index is 0.193. The van der Waals surface area contributed by atoms with E-state index in [-0.39, 0.29) is 11.5 Å². The highest BCUT2D eigenvalue weighted by atomic mass is 35.5. The van der Waals surface area contributed by atoms with Gasteiger partial charge in [0.2, 0.25) is 5.89 Å². The fourth-order valence-electron chi connectivity index (χ4n) is 3.66. The van der Waals surface area contributed by atoms with Crippen LogP contribution in [0.4, 0.5) is 15.9 Å². The van der Waals surface area contributed by atoms with Crippen LogP contribution in [0, 0.1) is 5.82 Å². The Kier molecular flexibility index (Phi) is 5.14. The molecule has 0 N–H and O–H groups in total. The van der Waals surface area contributed by atoms with Gasteiger partial charge in [0.05, 0.1) is 35.6 Å². The zero-order valence-electron chi connectivity index (χ0n) is 17.0. The number of pyridine rings is 1. The second-order valence-electron chi connectivity index (χ2n) is 7.15. The Morgan fingerprint density at radius 3 is 2.94 bits per heavy atom. The molecule has 0 saturated carbocycles. The molecule has 2 aromatic heterocycles. The van der Waals surface area contributed by atoms with E-state index in [1.165, 1.54) is 25.4 Å². The van der Waals surface area contributed by atoms with Crippen molar-refractivity contribution in [3.63, 3.8) is 0 Å². The Balaban J connectivity index is 1.64. The van der Waals surface area contributed by atoms with E-state index in [1.807, 2.05) is 4.90 Å². The Hall–Kier alpha value is -3.65. The number of ether oxygens (including phenoxy) is 2. The van der Waals surface area contributed by atoms with Gasteiger partial charge in [-0.05, 0) is 36.8 Å². The van der Waals surface area contributed by atoms with Gasteiger partial charge in [-0.1, -0.05) is 17.7 Å². The van der Waals surface area contributed by atoms with Crippen LogP contribution in [0.1, 0.15) is 16.8 Å². The van der Waals surface area contributed by atoms with E-state index in [9.17, 15) is 9.18 Å². The molecular weight excluding hydrogens is 437 g/mol. The number of nitrogens with zero attached hydrogens (tertiary/aromatic N) is 3. The standard InChI is InChI=1S/C23H17ClFN3O4/c1-30-23(29)14-11-20(28-8-3-9-31-18-7-6-13(25)10-17(18)28)26-12-15(14)22-27-21-16(24)4-2-5-19(21)32-22/h2,4-7,10-12H,3,8-9H2,1H3. The molecule has 1 aliphatic rings. The Labute approximate surface area is 187 Å². The summed E-state index contributed by atoms with van der Waals surface area (Å²) in [7, 11) is 1.29. The molecule has 9 heteroatoms. The molecule has 2 aromatic carbocycles. The van der Waals surface area contributed by atoms with Gasteiger partial charge in [0.1, 0.15) is 22.9 Å². The number of oxazole rings is 1. The van der Waals surface area contributed by atoms with Crippen LogP contribution in [-0.4, -0.2) is 36.2 Å². The van der Waals surface area contributed by atoms with E-state index in [1.54, 1.807) is 30.3 Å². The number of esters is 1. The van der Waals surface area contributed by atoms with Crippen LogP contribution >= 0.6 is 11.6 Å². The van der Waals surface area contributed by atoms with Crippen molar-refractivity contribution in [2.24, 2.45) is 0 Å². The molecule has 0 saturated heterocycles. The number of methoxy groups -OCH3 is 1. The zero-order valence-corrected chi connectivity index (χ0v) is 17.7. The summed E-state index contributed by atoms with van der Waals surface area (Å²) in [6.07, 6.45) is 2.18. The first kappa shape index (κ1) is 20.3.